The van der Waals surface area contributed by atoms with Crippen LogP contribution in [0.5, 0.6) is 0 Å². The van der Waals surface area contributed by atoms with E-state index in [0.717, 1.165) is 11.9 Å². The molecule has 3 rings (SSSR count). The molecule has 1 aromatic heterocycles. The topological polar surface area (TPSA) is 32.9 Å². The molecule has 0 radical (unpaired) electrons. The second-order valence-electron chi connectivity index (χ2n) is 4.22. The molecule has 80 valence electrons. The van der Waals surface area contributed by atoms with Crippen LogP contribution < -0.4 is 0 Å². The molecule has 0 spiro atoms. The third-order valence-corrected chi connectivity index (χ3v) is 3.19. The molecular formula is C14H13NO. The van der Waals surface area contributed by atoms with Crippen molar-refractivity contribution in [3.8, 4) is 0 Å². The van der Waals surface area contributed by atoms with Gasteiger partial charge in [-0.25, -0.2) is 0 Å². The predicted molar refractivity (Wildman–Crippen MR) is 65.1 cm³/mol. The number of carbonyl (C=O) groups excluding carboxylic acids is 1. The number of benzene rings is 1. The Kier molecular flexibility index (Phi) is 2.13. The van der Waals surface area contributed by atoms with Crippen LogP contribution in [0.3, 0.4) is 0 Å². The van der Waals surface area contributed by atoms with E-state index in [-0.39, 0.29) is 0 Å². The maximum absolute atomic E-state index is 11.2. The lowest BCUT2D eigenvalue weighted by Crippen LogP contribution is -2.03. The van der Waals surface area contributed by atoms with Gasteiger partial charge in [-0.05, 0) is 29.7 Å². The van der Waals surface area contributed by atoms with E-state index in [0.29, 0.717) is 18.6 Å². The molecule has 0 saturated heterocycles. The first-order chi connectivity index (χ1) is 7.84. The fourth-order valence-corrected chi connectivity index (χ4v) is 2.33. The van der Waals surface area contributed by atoms with Crippen LogP contribution in [0, 0.1) is 0 Å². The SMILES string of the molecule is O=C1CC=C(c2cccc3[nH]ccc23)CC1. The van der Waals surface area contributed by atoms with E-state index in [1.54, 1.807) is 0 Å². The molecule has 0 bridgehead atoms. The number of aromatic nitrogens is 1. The van der Waals surface area contributed by atoms with E-state index >= 15 is 0 Å². The van der Waals surface area contributed by atoms with Crippen LogP contribution in [0.2, 0.25) is 0 Å². The normalized spacial score (nSPS) is 16.5. The Bertz CT molecular complexity index is 577. The summed E-state index contributed by atoms with van der Waals surface area (Å²) in [6, 6.07) is 8.37. The van der Waals surface area contributed by atoms with E-state index < -0.39 is 0 Å². The zero-order valence-electron chi connectivity index (χ0n) is 8.99. The number of rotatable bonds is 1. The Balaban J connectivity index is 2.12. The predicted octanol–water partition coefficient (Wildman–Crippen LogP) is 3.30. The molecule has 16 heavy (non-hydrogen) atoms. The van der Waals surface area contributed by atoms with Crippen LogP contribution in [0.15, 0.2) is 36.5 Å². The van der Waals surface area contributed by atoms with Gasteiger partial charge in [0.05, 0.1) is 0 Å². The van der Waals surface area contributed by atoms with Gasteiger partial charge in [-0.15, -0.1) is 0 Å². The number of allylic oxidation sites excluding steroid dienone is 2. The van der Waals surface area contributed by atoms with Crippen molar-refractivity contribution in [2.75, 3.05) is 0 Å². The monoisotopic (exact) mass is 211 g/mol. The molecule has 2 heteroatoms. The minimum Gasteiger partial charge on any atom is -0.361 e. The molecule has 0 aliphatic heterocycles. The maximum Gasteiger partial charge on any atom is 0.137 e. The Hall–Kier alpha value is -1.83. The number of carbonyl (C=O) groups is 1. The third kappa shape index (κ3) is 1.47. The zero-order chi connectivity index (χ0) is 11.0. The Morgan fingerprint density at radius 3 is 2.88 bits per heavy atom. The summed E-state index contributed by atoms with van der Waals surface area (Å²) < 4.78 is 0. The van der Waals surface area contributed by atoms with Crippen molar-refractivity contribution in [1.29, 1.82) is 0 Å². The van der Waals surface area contributed by atoms with Gasteiger partial charge in [0.1, 0.15) is 5.78 Å². The van der Waals surface area contributed by atoms with Gasteiger partial charge in [0.25, 0.3) is 0 Å². The van der Waals surface area contributed by atoms with Gasteiger partial charge >= 0.3 is 0 Å². The summed E-state index contributed by atoms with van der Waals surface area (Å²) in [5.41, 5.74) is 3.74. The van der Waals surface area contributed by atoms with Gasteiger partial charge in [-0.3, -0.25) is 4.79 Å². The molecule has 1 aromatic carbocycles. The van der Waals surface area contributed by atoms with Gasteiger partial charge in [-0.1, -0.05) is 18.2 Å². The zero-order valence-corrected chi connectivity index (χ0v) is 8.99. The number of ketones is 1. The second kappa shape index (κ2) is 3.63. The minimum atomic E-state index is 0.352. The number of nitrogens with one attached hydrogen (secondary N) is 1. The summed E-state index contributed by atoms with van der Waals surface area (Å²) in [6.07, 6.45) is 6.20. The second-order valence-corrected chi connectivity index (χ2v) is 4.22. The van der Waals surface area contributed by atoms with Crippen molar-refractivity contribution in [2.24, 2.45) is 0 Å². The van der Waals surface area contributed by atoms with Gasteiger partial charge < -0.3 is 4.98 Å². The Morgan fingerprint density at radius 2 is 2.06 bits per heavy atom. The van der Waals surface area contributed by atoms with Gasteiger partial charge in [0, 0.05) is 29.9 Å². The van der Waals surface area contributed by atoms with Crippen molar-refractivity contribution in [3.05, 3.63) is 42.1 Å². The number of hydrogen-bond acceptors (Lipinski definition) is 1. The van der Waals surface area contributed by atoms with Crippen LogP contribution in [-0.2, 0) is 4.79 Å². The number of fused-ring (bicyclic) bond motifs is 1. The van der Waals surface area contributed by atoms with Crippen molar-refractivity contribution in [3.63, 3.8) is 0 Å². The highest BCUT2D eigenvalue weighted by molar-refractivity contribution is 5.95. The largest absolute Gasteiger partial charge is 0.361 e. The van der Waals surface area contributed by atoms with Crippen molar-refractivity contribution in [2.45, 2.75) is 19.3 Å². The fourth-order valence-electron chi connectivity index (χ4n) is 2.33. The van der Waals surface area contributed by atoms with Crippen LogP contribution in [0.1, 0.15) is 24.8 Å². The molecule has 0 fully saturated rings. The summed E-state index contributed by atoms with van der Waals surface area (Å²) in [4.78, 5) is 14.4. The summed E-state index contributed by atoms with van der Waals surface area (Å²) >= 11 is 0. The summed E-state index contributed by atoms with van der Waals surface area (Å²) in [6.45, 7) is 0. The average molecular weight is 211 g/mol. The highest BCUT2D eigenvalue weighted by atomic mass is 16.1. The van der Waals surface area contributed by atoms with Crippen LogP contribution >= 0.6 is 0 Å². The third-order valence-electron chi connectivity index (χ3n) is 3.19. The molecule has 2 nitrogen and oxygen atoms in total. The van der Waals surface area contributed by atoms with E-state index in [1.807, 2.05) is 6.20 Å². The standard InChI is InChI=1S/C14H13NO/c16-11-6-4-10(5-7-11)12-2-1-3-14-13(12)8-9-15-14/h1-4,8-9,15H,5-7H2. The number of H-pyrrole nitrogens is 1. The molecule has 1 aliphatic carbocycles. The number of hydrogen-bond donors (Lipinski definition) is 1. The molecule has 0 amide bonds. The molecule has 0 atom stereocenters. The first kappa shape index (κ1) is 9.40. The highest BCUT2D eigenvalue weighted by Gasteiger charge is 2.13. The first-order valence-electron chi connectivity index (χ1n) is 5.62. The summed E-state index contributed by atoms with van der Waals surface area (Å²) in [5.74, 6) is 0.352. The van der Waals surface area contributed by atoms with Crippen LogP contribution in [-0.4, -0.2) is 10.8 Å². The molecule has 0 unspecified atom stereocenters. The summed E-state index contributed by atoms with van der Waals surface area (Å²) in [5, 5.41) is 1.25. The number of Topliss-reactive ketones (excluding diaryl/α,β-unsaturated/α-hetero) is 1. The quantitative estimate of drug-likeness (QED) is 0.771. The van der Waals surface area contributed by atoms with Crippen LogP contribution in [0.25, 0.3) is 16.5 Å². The number of aromatic amines is 1. The van der Waals surface area contributed by atoms with E-state index in [2.05, 4.69) is 35.3 Å². The van der Waals surface area contributed by atoms with Crippen LogP contribution in [0.4, 0.5) is 0 Å². The lowest BCUT2D eigenvalue weighted by atomic mass is 9.91. The molecule has 0 saturated carbocycles. The van der Waals surface area contributed by atoms with E-state index in [4.69, 9.17) is 0 Å². The average Bonchev–Trinajstić information content (AvgIpc) is 2.78. The fraction of sp³-hybridized carbons (Fsp3) is 0.214. The van der Waals surface area contributed by atoms with Gasteiger partial charge in [0.2, 0.25) is 0 Å². The minimum absolute atomic E-state index is 0.352. The summed E-state index contributed by atoms with van der Waals surface area (Å²) in [7, 11) is 0. The van der Waals surface area contributed by atoms with Crippen molar-refractivity contribution in [1.82, 2.24) is 4.98 Å². The van der Waals surface area contributed by atoms with E-state index in [9.17, 15) is 4.79 Å². The molecule has 1 N–H and O–H groups in total. The lowest BCUT2D eigenvalue weighted by molar-refractivity contribution is -0.118. The molecule has 1 aliphatic rings. The molecule has 2 aromatic rings. The van der Waals surface area contributed by atoms with Gasteiger partial charge in [0.15, 0.2) is 0 Å². The maximum atomic E-state index is 11.2. The molecular weight excluding hydrogens is 198 g/mol. The Labute approximate surface area is 94.0 Å². The van der Waals surface area contributed by atoms with Gasteiger partial charge in [-0.2, -0.15) is 0 Å². The first-order valence-corrected chi connectivity index (χ1v) is 5.62. The highest BCUT2D eigenvalue weighted by Crippen LogP contribution is 2.30. The molecule has 1 heterocycles. The van der Waals surface area contributed by atoms with Crippen molar-refractivity contribution < 1.29 is 4.79 Å². The van der Waals surface area contributed by atoms with E-state index in [1.165, 1.54) is 16.5 Å². The van der Waals surface area contributed by atoms with Crippen molar-refractivity contribution >= 4 is 22.3 Å². The lowest BCUT2D eigenvalue weighted by Gasteiger charge is -2.13. The smallest absolute Gasteiger partial charge is 0.137 e. The Morgan fingerprint density at radius 1 is 1.12 bits per heavy atom.